The van der Waals surface area contributed by atoms with Crippen LogP contribution in [0.5, 0.6) is 0 Å². The molecule has 0 rings (SSSR count). The average molecular weight is 260 g/mol. The number of aliphatic hydroxyl groups is 5. The van der Waals surface area contributed by atoms with Gasteiger partial charge in [0.05, 0.1) is 13.2 Å². The third kappa shape index (κ3) is 7.12. The Kier molecular flexibility index (Phi) is 17.3. The van der Waals surface area contributed by atoms with E-state index in [2.05, 4.69) is 0 Å². The van der Waals surface area contributed by atoms with Gasteiger partial charge >= 0.3 is 37.7 Å². The molecule has 0 aromatic heterocycles. The van der Waals surface area contributed by atoms with Gasteiger partial charge in [0.2, 0.25) is 0 Å². The van der Waals surface area contributed by atoms with Crippen LogP contribution in [0, 0.1) is 0 Å². The molecule has 12 heavy (non-hydrogen) atoms. The van der Waals surface area contributed by atoms with Gasteiger partial charge < -0.3 is 25.5 Å². The maximum Gasteiger partial charge on any atom is 0 e. The van der Waals surface area contributed by atoms with Crippen LogP contribution in [-0.4, -0.2) is 94.8 Å². The van der Waals surface area contributed by atoms with Crippen LogP contribution in [0.3, 0.4) is 0 Å². The first-order valence-corrected chi connectivity index (χ1v) is 2.89. The Morgan fingerprint density at radius 3 is 1.25 bits per heavy atom. The Morgan fingerprint density at radius 2 is 1.08 bits per heavy atom. The fourth-order valence-electron chi connectivity index (χ4n) is 0.472. The maximum absolute atomic E-state index is 8.77. The first kappa shape index (κ1) is 19.3. The topological polar surface area (TPSA) is 101 Å². The summed E-state index contributed by atoms with van der Waals surface area (Å²) >= 11 is 0. The normalized spacial score (nSPS) is 16.8. The second kappa shape index (κ2) is 10.8. The molecule has 5 nitrogen and oxygen atoms in total. The van der Waals surface area contributed by atoms with Crippen LogP contribution in [0.15, 0.2) is 0 Å². The van der Waals surface area contributed by atoms with Crippen molar-refractivity contribution in [3.05, 3.63) is 0 Å². The summed E-state index contributed by atoms with van der Waals surface area (Å²) < 4.78 is 0. The van der Waals surface area contributed by atoms with Gasteiger partial charge in [-0.05, 0) is 0 Å². The van der Waals surface area contributed by atoms with Gasteiger partial charge in [-0.2, -0.15) is 0 Å². The summed E-state index contributed by atoms with van der Waals surface area (Å²) in [5.41, 5.74) is 0. The van der Waals surface area contributed by atoms with Crippen molar-refractivity contribution in [3.63, 3.8) is 0 Å². The number of hydrogen-bond donors (Lipinski definition) is 5. The summed E-state index contributed by atoms with van der Waals surface area (Å²) in [6, 6.07) is 0. The van der Waals surface area contributed by atoms with Crippen molar-refractivity contribution in [1.82, 2.24) is 0 Å². The third-order valence-corrected chi connectivity index (χ3v) is 1.16. The fraction of sp³-hybridized carbons (Fsp3) is 1.00. The Morgan fingerprint density at radius 1 is 0.833 bits per heavy atom. The summed E-state index contributed by atoms with van der Waals surface area (Å²) in [5.74, 6) is 0. The molecule has 68 valence electrons. The van der Waals surface area contributed by atoms with Crippen molar-refractivity contribution in [2.45, 2.75) is 18.3 Å². The van der Waals surface area contributed by atoms with Crippen LogP contribution in [-0.2, 0) is 19.5 Å². The molecule has 0 bridgehead atoms. The Bertz CT molecular complexity index is 85.9. The maximum atomic E-state index is 8.77. The van der Waals surface area contributed by atoms with Crippen molar-refractivity contribution in [1.29, 1.82) is 0 Å². The summed E-state index contributed by atoms with van der Waals surface area (Å²) in [7, 11) is 0. The van der Waals surface area contributed by atoms with E-state index in [0.717, 1.165) is 0 Å². The largest absolute Gasteiger partial charge is 0 e. The van der Waals surface area contributed by atoms with Gasteiger partial charge in [0.1, 0.15) is 18.3 Å². The molecule has 0 amide bonds. The molecule has 7 heteroatoms. The van der Waals surface area contributed by atoms with E-state index in [0.29, 0.717) is 0 Å². The third-order valence-electron chi connectivity index (χ3n) is 1.16. The zero-order valence-electron chi connectivity index (χ0n) is 6.09. The van der Waals surface area contributed by atoms with E-state index in [1.165, 1.54) is 0 Å². The number of hydrogen-bond acceptors (Lipinski definition) is 5. The van der Waals surface area contributed by atoms with E-state index >= 15 is 0 Å². The van der Waals surface area contributed by atoms with Crippen molar-refractivity contribution < 1.29 is 45.0 Å². The van der Waals surface area contributed by atoms with E-state index < -0.39 is 31.5 Å². The van der Waals surface area contributed by atoms with Crippen LogP contribution < -0.4 is 0 Å². The molecule has 0 aromatic carbocycles. The molecule has 0 saturated carbocycles. The molecule has 0 aliphatic carbocycles. The predicted octanol–water partition coefficient (Wildman–Crippen LogP) is -3.86. The quantitative estimate of drug-likeness (QED) is 0.333. The van der Waals surface area contributed by atoms with Gasteiger partial charge in [-0.1, -0.05) is 0 Å². The van der Waals surface area contributed by atoms with Crippen molar-refractivity contribution >= 4 is 37.7 Å². The smallest absolute Gasteiger partial charge is 0 e. The molecule has 2 atom stereocenters. The molecule has 0 saturated heterocycles. The van der Waals surface area contributed by atoms with Gasteiger partial charge in [0.25, 0.3) is 0 Å². The molecule has 5 N–H and O–H groups in total. The molecule has 0 aliphatic heterocycles. The summed E-state index contributed by atoms with van der Waals surface area (Å²) in [5, 5.41) is 42.6. The summed E-state index contributed by atoms with van der Waals surface area (Å²) in [6.45, 7) is -1.28. The average Bonchev–Trinajstić information content (AvgIpc) is 2.00. The van der Waals surface area contributed by atoms with E-state index in [4.69, 9.17) is 25.5 Å². The van der Waals surface area contributed by atoms with Crippen LogP contribution in [0.1, 0.15) is 0 Å². The Labute approximate surface area is 113 Å². The summed E-state index contributed by atoms with van der Waals surface area (Å²) in [6.07, 6.45) is -4.29. The minimum atomic E-state index is -1.49. The fourth-order valence-corrected chi connectivity index (χ4v) is 0.472. The first-order chi connectivity index (χ1) is 4.63. The molecule has 0 fully saturated rings. The molecular weight excluding hydrogens is 246 g/mol. The monoisotopic (exact) mass is 258 g/mol. The van der Waals surface area contributed by atoms with Crippen molar-refractivity contribution in [2.24, 2.45) is 0 Å². The predicted molar refractivity (Wildman–Crippen MR) is 40.7 cm³/mol. The van der Waals surface area contributed by atoms with Gasteiger partial charge in [0, 0.05) is 19.5 Å². The minimum absolute atomic E-state index is 0. The van der Waals surface area contributed by atoms with E-state index in [1.807, 2.05) is 0 Å². The van der Waals surface area contributed by atoms with Gasteiger partial charge in [-0.3, -0.25) is 0 Å². The summed E-state index contributed by atoms with van der Waals surface area (Å²) in [4.78, 5) is 0. The molecule has 0 heterocycles. The molecule has 0 radical (unpaired) electrons. The SMILES string of the molecule is OCC(O)C(O)C(O)CO.[CaH2].[Zn]. The van der Waals surface area contributed by atoms with Crippen LogP contribution in [0.4, 0.5) is 0 Å². The second-order valence-electron chi connectivity index (χ2n) is 1.99. The van der Waals surface area contributed by atoms with E-state index in [-0.39, 0.29) is 57.2 Å². The zero-order chi connectivity index (χ0) is 8.15. The van der Waals surface area contributed by atoms with Gasteiger partial charge in [-0.25, -0.2) is 0 Å². The Balaban J connectivity index is -0.000000405. The minimum Gasteiger partial charge on any atom is 0 e. The van der Waals surface area contributed by atoms with Crippen LogP contribution >= 0.6 is 0 Å². The van der Waals surface area contributed by atoms with Crippen LogP contribution in [0.2, 0.25) is 0 Å². The number of rotatable bonds is 4. The molecule has 2 unspecified atom stereocenters. The van der Waals surface area contributed by atoms with Gasteiger partial charge in [-0.15, -0.1) is 0 Å². The van der Waals surface area contributed by atoms with Crippen LogP contribution in [0.25, 0.3) is 0 Å². The molecule has 0 spiro atoms. The van der Waals surface area contributed by atoms with Crippen molar-refractivity contribution in [3.8, 4) is 0 Å². The molecular formula is C5H14CaO5Zn. The van der Waals surface area contributed by atoms with E-state index in [1.54, 1.807) is 0 Å². The second-order valence-corrected chi connectivity index (χ2v) is 1.99. The zero-order valence-corrected chi connectivity index (χ0v) is 9.06. The Hall–Kier alpha value is 1.68. The van der Waals surface area contributed by atoms with Crippen molar-refractivity contribution in [2.75, 3.05) is 13.2 Å². The van der Waals surface area contributed by atoms with Gasteiger partial charge in [0.15, 0.2) is 0 Å². The van der Waals surface area contributed by atoms with E-state index in [9.17, 15) is 0 Å². The standard InChI is InChI=1S/C5H12O5.Ca.Zn.2H/c6-1-3(8)5(10)4(9)2-7;;;;/h3-10H,1-2H2;;;;. The molecule has 0 aliphatic rings. The first-order valence-electron chi connectivity index (χ1n) is 2.89. The number of aliphatic hydroxyl groups excluding tert-OH is 5. The molecule has 0 aromatic rings.